The molecule has 0 saturated carbocycles. The Balaban J connectivity index is 1.78. The molecule has 0 aliphatic heterocycles. The summed E-state index contributed by atoms with van der Waals surface area (Å²) in [4.78, 5) is 16.3. The number of nitrogens with zero attached hydrogens (tertiary/aromatic N) is 3. The summed E-state index contributed by atoms with van der Waals surface area (Å²) in [6.45, 7) is 0. The van der Waals surface area contributed by atoms with Crippen LogP contribution in [-0.2, 0) is 18.2 Å². The van der Waals surface area contributed by atoms with Crippen molar-refractivity contribution in [1.29, 1.82) is 0 Å². The summed E-state index contributed by atoms with van der Waals surface area (Å²) in [5, 5.41) is 4.88. The van der Waals surface area contributed by atoms with E-state index in [-0.39, 0.29) is 5.75 Å². The first-order valence-corrected chi connectivity index (χ1v) is 8.26. The number of halogens is 3. The van der Waals surface area contributed by atoms with Crippen LogP contribution in [-0.4, -0.2) is 34.2 Å². The molecule has 1 aromatic carbocycles. The number of carbonyl (C=O) groups is 1. The van der Waals surface area contributed by atoms with Crippen LogP contribution in [0.1, 0.15) is 27.3 Å². The van der Waals surface area contributed by atoms with Crippen molar-refractivity contribution >= 4 is 28.5 Å². The Bertz CT molecular complexity index is 1130. The number of rotatable bonds is 3. The summed E-state index contributed by atoms with van der Waals surface area (Å²) in [5.74, 6) is -0.789. The largest absolute Gasteiger partial charge is 0.573 e. The average Bonchev–Trinajstić information content (AvgIpc) is 3.18. The van der Waals surface area contributed by atoms with Crippen LogP contribution in [0, 0.1) is 0 Å². The summed E-state index contributed by atoms with van der Waals surface area (Å²) in [6.07, 6.45) is -1.08. The van der Waals surface area contributed by atoms with Crippen molar-refractivity contribution in [3.63, 3.8) is 0 Å². The van der Waals surface area contributed by atoms with Gasteiger partial charge in [-0.2, -0.15) is 5.10 Å². The number of hydrogen-bond donors (Lipinski definition) is 0. The molecular weight excluding hydrogens is 375 g/mol. The SMILES string of the molecule is COC(=O)c1ccnc2c1CC(c1c3cc(OC(F)(F)F)ccc3nn1C)=C2. The summed E-state index contributed by atoms with van der Waals surface area (Å²) >= 11 is 0. The zero-order valence-electron chi connectivity index (χ0n) is 14.9. The fraction of sp³-hybridized carbons (Fsp3) is 0.211. The van der Waals surface area contributed by atoms with Crippen LogP contribution in [0.4, 0.5) is 13.2 Å². The van der Waals surface area contributed by atoms with E-state index < -0.39 is 12.3 Å². The fourth-order valence-electron chi connectivity index (χ4n) is 3.43. The first kappa shape index (κ1) is 18.0. The van der Waals surface area contributed by atoms with E-state index in [2.05, 4.69) is 14.8 Å². The number of alkyl halides is 3. The molecule has 0 spiro atoms. The highest BCUT2D eigenvalue weighted by atomic mass is 19.4. The molecule has 1 aliphatic rings. The smallest absolute Gasteiger partial charge is 0.465 e. The van der Waals surface area contributed by atoms with E-state index in [1.165, 1.54) is 31.5 Å². The third kappa shape index (κ3) is 3.08. The minimum absolute atomic E-state index is 0.321. The van der Waals surface area contributed by atoms with Gasteiger partial charge in [0, 0.05) is 25.1 Å². The Hall–Kier alpha value is -3.36. The number of pyridine rings is 1. The molecule has 1 aliphatic carbocycles. The van der Waals surface area contributed by atoms with Crippen LogP contribution in [0.3, 0.4) is 0 Å². The summed E-state index contributed by atoms with van der Waals surface area (Å²) in [6, 6.07) is 5.59. The summed E-state index contributed by atoms with van der Waals surface area (Å²) < 4.78 is 48.2. The molecule has 6 nitrogen and oxygen atoms in total. The molecule has 0 saturated heterocycles. The molecule has 9 heteroatoms. The van der Waals surface area contributed by atoms with Crippen molar-refractivity contribution in [3.05, 3.63) is 53.0 Å². The molecule has 2 heterocycles. The lowest BCUT2D eigenvalue weighted by Gasteiger charge is -2.09. The van der Waals surface area contributed by atoms with Gasteiger partial charge in [0.1, 0.15) is 5.75 Å². The lowest BCUT2D eigenvalue weighted by molar-refractivity contribution is -0.274. The van der Waals surface area contributed by atoms with Gasteiger partial charge in [-0.05, 0) is 41.5 Å². The minimum atomic E-state index is -4.78. The molecule has 0 radical (unpaired) electrons. The molecule has 0 amide bonds. The number of carbonyl (C=O) groups excluding carboxylic acids is 1. The first-order chi connectivity index (χ1) is 13.3. The number of hydrogen-bond acceptors (Lipinski definition) is 5. The van der Waals surface area contributed by atoms with Crippen molar-refractivity contribution in [1.82, 2.24) is 14.8 Å². The van der Waals surface area contributed by atoms with Gasteiger partial charge in [0.2, 0.25) is 0 Å². The molecule has 0 N–H and O–H groups in total. The highest BCUT2D eigenvalue weighted by molar-refractivity contribution is 6.01. The van der Waals surface area contributed by atoms with Gasteiger partial charge in [-0.1, -0.05) is 0 Å². The van der Waals surface area contributed by atoms with Gasteiger partial charge in [0.15, 0.2) is 0 Å². The molecule has 28 heavy (non-hydrogen) atoms. The van der Waals surface area contributed by atoms with Crippen LogP contribution in [0.5, 0.6) is 5.75 Å². The van der Waals surface area contributed by atoms with Crippen molar-refractivity contribution in [2.24, 2.45) is 7.05 Å². The lowest BCUT2D eigenvalue weighted by atomic mass is 10.0. The van der Waals surface area contributed by atoms with Gasteiger partial charge in [-0.15, -0.1) is 13.2 Å². The number of fused-ring (bicyclic) bond motifs is 2. The number of aromatic nitrogens is 3. The molecule has 3 aromatic rings. The minimum Gasteiger partial charge on any atom is -0.465 e. The van der Waals surface area contributed by atoms with E-state index in [0.717, 1.165) is 5.57 Å². The zero-order chi connectivity index (χ0) is 20.1. The summed E-state index contributed by atoms with van der Waals surface area (Å²) in [7, 11) is 3.01. The molecule has 0 bridgehead atoms. The number of ether oxygens (including phenoxy) is 2. The number of methoxy groups -OCH3 is 1. The Morgan fingerprint density at radius 3 is 2.75 bits per heavy atom. The zero-order valence-corrected chi connectivity index (χ0v) is 14.9. The van der Waals surface area contributed by atoms with E-state index in [1.807, 2.05) is 0 Å². The van der Waals surface area contributed by atoms with Gasteiger partial charge >= 0.3 is 12.3 Å². The molecule has 0 unspecified atom stereocenters. The van der Waals surface area contributed by atoms with Crippen LogP contribution in [0.25, 0.3) is 22.6 Å². The van der Waals surface area contributed by atoms with Crippen molar-refractivity contribution in [3.8, 4) is 5.75 Å². The Kier molecular flexibility index (Phi) is 4.10. The van der Waals surface area contributed by atoms with Crippen LogP contribution in [0.15, 0.2) is 30.5 Å². The van der Waals surface area contributed by atoms with Gasteiger partial charge in [0.25, 0.3) is 0 Å². The molecule has 0 fully saturated rings. The van der Waals surface area contributed by atoms with Gasteiger partial charge in [0.05, 0.1) is 29.6 Å². The Labute approximate surface area is 157 Å². The number of aryl methyl sites for hydroxylation is 1. The highest BCUT2D eigenvalue weighted by Crippen LogP contribution is 2.37. The van der Waals surface area contributed by atoms with E-state index in [1.54, 1.807) is 23.9 Å². The van der Waals surface area contributed by atoms with Crippen LogP contribution < -0.4 is 4.74 Å². The average molecular weight is 389 g/mol. The van der Waals surface area contributed by atoms with E-state index >= 15 is 0 Å². The molecule has 4 rings (SSSR count). The van der Waals surface area contributed by atoms with E-state index in [9.17, 15) is 18.0 Å². The van der Waals surface area contributed by atoms with E-state index in [4.69, 9.17) is 4.74 Å². The Morgan fingerprint density at radius 2 is 2.04 bits per heavy atom. The van der Waals surface area contributed by atoms with E-state index in [0.29, 0.717) is 39.8 Å². The molecule has 0 atom stereocenters. The number of benzene rings is 1. The molecular formula is C19H14F3N3O3. The monoisotopic (exact) mass is 389 g/mol. The third-order valence-corrected chi connectivity index (χ3v) is 4.51. The maximum Gasteiger partial charge on any atom is 0.573 e. The standard InChI is InChI=1S/C19H14F3N3O3/c1-25-17(14-9-11(28-19(20,21)22)3-4-15(14)24-25)10-7-13-12(18(26)27-2)5-6-23-16(13)8-10/h3-6,8-9H,7H2,1-2H3. The van der Waals surface area contributed by atoms with Crippen molar-refractivity contribution in [2.75, 3.05) is 7.11 Å². The molecule has 2 aromatic heterocycles. The Morgan fingerprint density at radius 1 is 1.25 bits per heavy atom. The number of allylic oxidation sites excluding steroid dienone is 1. The molecule has 144 valence electrons. The second-order valence-electron chi connectivity index (χ2n) is 6.26. The fourth-order valence-corrected chi connectivity index (χ4v) is 3.43. The first-order valence-electron chi connectivity index (χ1n) is 8.26. The topological polar surface area (TPSA) is 66.2 Å². The van der Waals surface area contributed by atoms with Crippen molar-refractivity contribution < 1.29 is 27.4 Å². The van der Waals surface area contributed by atoms with Gasteiger partial charge in [-0.25, -0.2) is 4.79 Å². The third-order valence-electron chi connectivity index (χ3n) is 4.51. The normalized spacial score (nSPS) is 13.4. The van der Waals surface area contributed by atoms with Crippen LogP contribution >= 0.6 is 0 Å². The predicted octanol–water partition coefficient (Wildman–Crippen LogP) is 3.75. The number of esters is 1. The second-order valence-corrected chi connectivity index (χ2v) is 6.26. The van der Waals surface area contributed by atoms with Gasteiger partial charge in [-0.3, -0.25) is 9.67 Å². The maximum absolute atomic E-state index is 12.6. The van der Waals surface area contributed by atoms with Crippen LogP contribution in [0.2, 0.25) is 0 Å². The van der Waals surface area contributed by atoms with Gasteiger partial charge < -0.3 is 9.47 Å². The second kappa shape index (κ2) is 6.36. The predicted molar refractivity (Wildman–Crippen MR) is 94.5 cm³/mol. The van der Waals surface area contributed by atoms with Crippen molar-refractivity contribution in [2.45, 2.75) is 12.8 Å². The summed E-state index contributed by atoms with van der Waals surface area (Å²) in [5.41, 5.74) is 3.69. The highest BCUT2D eigenvalue weighted by Gasteiger charge is 2.31. The lowest BCUT2D eigenvalue weighted by Crippen LogP contribution is -2.16. The quantitative estimate of drug-likeness (QED) is 0.639. The maximum atomic E-state index is 12.6.